The molecule has 0 saturated carbocycles. The number of esters is 1. The van der Waals surface area contributed by atoms with E-state index in [1.54, 1.807) is 7.11 Å². The monoisotopic (exact) mass is 350 g/mol. The van der Waals surface area contributed by atoms with Gasteiger partial charge in [-0.25, -0.2) is 0 Å². The summed E-state index contributed by atoms with van der Waals surface area (Å²) < 4.78 is 10.6. The van der Waals surface area contributed by atoms with Gasteiger partial charge < -0.3 is 9.47 Å². The molecule has 0 fully saturated rings. The van der Waals surface area contributed by atoms with E-state index < -0.39 is 5.92 Å². The number of hydrogen-bond acceptors (Lipinski definition) is 4. The van der Waals surface area contributed by atoms with Gasteiger partial charge in [-0.2, -0.15) is 0 Å². The standard InChI is InChI=1S/C21H18O3S/c1-14(20(22)24-21(25)15-6-4-3-5-7-15)16-8-9-18-13-19(23-2)11-10-17(18)12-16/h3-14H,1-2H3/t14-/m0/s1. The summed E-state index contributed by atoms with van der Waals surface area (Å²) in [6, 6.07) is 21.0. The van der Waals surface area contributed by atoms with Crippen LogP contribution in [0.25, 0.3) is 10.8 Å². The average molecular weight is 350 g/mol. The van der Waals surface area contributed by atoms with E-state index in [1.165, 1.54) is 0 Å². The highest BCUT2D eigenvalue weighted by molar-refractivity contribution is 7.80. The van der Waals surface area contributed by atoms with Crippen LogP contribution in [0.1, 0.15) is 24.0 Å². The molecule has 0 saturated heterocycles. The molecule has 3 nitrogen and oxygen atoms in total. The van der Waals surface area contributed by atoms with Crippen molar-refractivity contribution in [1.82, 2.24) is 0 Å². The molecule has 0 N–H and O–H groups in total. The SMILES string of the molecule is COc1ccc2cc([C@H](C)C(=O)OC(=S)c3ccccc3)ccc2c1. The van der Waals surface area contributed by atoms with Crippen molar-refractivity contribution < 1.29 is 14.3 Å². The summed E-state index contributed by atoms with van der Waals surface area (Å²) in [5.41, 5.74) is 1.61. The molecule has 0 unspecified atom stereocenters. The lowest BCUT2D eigenvalue weighted by atomic mass is 9.98. The Morgan fingerprint density at radius 3 is 2.36 bits per heavy atom. The van der Waals surface area contributed by atoms with Gasteiger partial charge in [0.1, 0.15) is 5.75 Å². The number of hydrogen-bond donors (Lipinski definition) is 0. The van der Waals surface area contributed by atoms with Crippen LogP contribution in [0, 0.1) is 0 Å². The molecule has 25 heavy (non-hydrogen) atoms. The lowest BCUT2D eigenvalue weighted by Gasteiger charge is -2.13. The minimum Gasteiger partial charge on any atom is -0.497 e. The molecule has 3 rings (SSSR count). The largest absolute Gasteiger partial charge is 0.497 e. The lowest BCUT2D eigenvalue weighted by Crippen LogP contribution is -2.17. The summed E-state index contributed by atoms with van der Waals surface area (Å²) in [6.07, 6.45) is 0. The van der Waals surface area contributed by atoms with Gasteiger partial charge in [0.15, 0.2) is 0 Å². The lowest BCUT2D eigenvalue weighted by molar-refractivity contribution is -0.136. The molecule has 0 aromatic heterocycles. The van der Waals surface area contributed by atoms with Crippen molar-refractivity contribution in [2.45, 2.75) is 12.8 Å². The predicted molar refractivity (Wildman–Crippen MR) is 103 cm³/mol. The Balaban J connectivity index is 1.77. The molecular formula is C21H18O3S. The second-order valence-corrected chi connectivity index (χ2v) is 6.14. The van der Waals surface area contributed by atoms with Crippen LogP contribution in [0.3, 0.4) is 0 Å². The summed E-state index contributed by atoms with van der Waals surface area (Å²) in [4.78, 5) is 12.4. The van der Waals surface area contributed by atoms with E-state index in [0.717, 1.165) is 27.6 Å². The van der Waals surface area contributed by atoms with Gasteiger partial charge in [-0.3, -0.25) is 4.79 Å². The van der Waals surface area contributed by atoms with Crippen LogP contribution in [-0.4, -0.2) is 18.1 Å². The average Bonchev–Trinajstić information content (AvgIpc) is 2.67. The summed E-state index contributed by atoms with van der Waals surface area (Å²) in [7, 11) is 1.64. The van der Waals surface area contributed by atoms with Crippen LogP contribution in [0.2, 0.25) is 0 Å². The summed E-state index contributed by atoms with van der Waals surface area (Å²) in [5, 5.41) is 2.30. The summed E-state index contributed by atoms with van der Waals surface area (Å²) in [5.74, 6) is 0.0378. The highest BCUT2D eigenvalue weighted by atomic mass is 32.1. The normalized spacial score (nSPS) is 11.8. The first-order valence-electron chi connectivity index (χ1n) is 7.97. The van der Waals surface area contributed by atoms with Gasteiger partial charge in [0.2, 0.25) is 5.05 Å². The van der Waals surface area contributed by atoms with E-state index in [1.807, 2.05) is 73.7 Å². The third kappa shape index (κ3) is 3.86. The maximum atomic E-state index is 12.4. The van der Waals surface area contributed by atoms with Crippen LogP contribution in [0.4, 0.5) is 0 Å². The Hall–Kier alpha value is -2.72. The molecule has 0 aliphatic carbocycles. The van der Waals surface area contributed by atoms with Crippen LogP contribution >= 0.6 is 12.2 Å². The maximum Gasteiger partial charge on any atom is 0.319 e. The van der Waals surface area contributed by atoms with Gasteiger partial charge in [0.05, 0.1) is 13.0 Å². The van der Waals surface area contributed by atoms with Crippen molar-refractivity contribution in [3.8, 4) is 5.75 Å². The predicted octanol–water partition coefficient (Wildman–Crippen LogP) is 4.87. The maximum absolute atomic E-state index is 12.4. The molecule has 3 aromatic carbocycles. The highest BCUT2D eigenvalue weighted by Crippen LogP contribution is 2.26. The summed E-state index contributed by atoms with van der Waals surface area (Å²) in [6.45, 7) is 1.82. The zero-order valence-electron chi connectivity index (χ0n) is 14.1. The van der Waals surface area contributed by atoms with Crippen LogP contribution < -0.4 is 4.74 Å². The van der Waals surface area contributed by atoms with Gasteiger partial charge in [-0.1, -0.05) is 54.6 Å². The molecule has 4 heteroatoms. The van der Waals surface area contributed by atoms with Gasteiger partial charge in [-0.15, -0.1) is 0 Å². The molecule has 0 bridgehead atoms. The van der Waals surface area contributed by atoms with Gasteiger partial charge in [0, 0.05) is 5.56 Å². The number of methoxy groups -OCH3 is 1. The van der Waals surface area contributed by atoms with Gasteiger partial charge in [-0.05, 0) is 47.6 Å². The smallest absolute Gasteiger partial charge is 0.319 e. The molecule has 0 radical (unpaired) electrons. The van der Waals surface area contributed by atoms with Crippen LogP contribution in [0.5, 0.6) is 5.75 Å². The zero-order valence-corrected chi connectivity index (χ0v) is 14.9. The topological polar surface area (TPSA) is 35.5 Å². The Labute approximate surface area is 152 Å². The molecule has 0 aliphatic rings. The van der Waals surface area contributed by atoms with Crippen molar-refractivity contribution in [2.24, 2.45) is 0 Å². The molecule has 3 aromatic rings. The Bertz CT molecular complexity index is 919. The van der Waals surface area contributed by atoms with E-state index in [-0.39, 0.29) is 11.0 Å². The second kappa shape index (κ2) is 7.45. The highest BCUT2D eigenvalue weighted by Gasteiger charge is 2.19. The van der Waals surface area contributed by atoms with Crippen LogP contribution in [0.15, 0.2) is 66.7 Å². The minimum absolute atomic E-state index is 0.197. The first-order valence-corrected chi connectivity index (χ1v) is 8.38. The fraction of sp³-hybridized carbons (Fsp3) is 0.143. The van der Waals surface area contributed by atoms with Crippen molar-refractivity contribution >= 4 is 34.0 Å². The molecule has 126 valence electrons. The number of ether oxygens (including phenoxy) is 2. The second-order valence-electron chi connectivity index (χ2n) is 5.77. The number of benzene rings is 3. The van der Waals surface area contributed by atoms with Gasteiger partial charge in [0.25, 0.3) is 0 Å². The third-order valence-corrected chi connectivity index (χ3v) is 4.45. The van der Waals surface area contributed by atoms with Crippen molar-refractivity contribution in [3.05, 3.63) is 77.9 Å². The zero-order chi connectivity index (χ0) is 17.8. The van der Waals surface area contributed by atoms with Crippen molar-refractivity contribution in [2.75, 3.05) is 7.11 Å². The third-order valence-electron chi connectivity index (χ3n) is 4.13. The Kier molecular flexibility index (Phi) is 5.10. The first kappa shape index (κ1) is 17.1. The number of thiocarbonyl (C=S) groups is 1. The van der Waals surface area contributed by atoms with E-state index in [0.29, 0.717) is 0 Å². The van der Waals surface area contributed by atoms with E-state index in [4.69, 9.17) is 21.7 Å². The molecule has 0 amide bonds. The van der Waals surface area contributed by atoms with Crippen LogP contribution in [-0.2, 0) is 9.53 Å². The fourth-order valence-electron chi connectivity index (χ4n) is 2.59. The minimum atomic E-state index is -0.409. The molecular weight excluding hydrogens is 332 g/mol. The molecule has 0 heterocycles. The van der Waals surface area contributed by atoms with Crippen molar-refractivity contribution in [1.29, 1.82) is 0 Å². The Morgan fingerprint density at radius 2 is 1.64 bits per heavy atom. The number of rotatable bonds is 4. The molecule has 1 atom stereocenters. The van der Waals surface area contributed by atoms with Crippen molar-refractivity contribution in [3.63, 3.8) is 0 Å². The Morgan fingerprint density at radius 1 is 0.960 bits per heavy atom. The van der Waals surface area contributed by atoms with E-state index in [9.17, 15) is 4.79 Å². The number of carbonyl (C=O) groups is 1. The number of carbonyl (C=O) groups excluding carboxylic acids is 1. The van der Waals surface area contributed by atoms with E-state index >= 15 is 0 Å². The quantitative estimate of drug-likeness (QED) is 0.497. The molecule has 0 spiro atoms. The first-order chi connectivity index (χ1) is 12.1. The van der Waals surface area contributed by atoms with Gasteiger partial charge >= 0.3 is 5.97 Å². The fourth-order valence-corrected chi connectivity index (χ4v) is 2.81. The molecule has 0 aliphatic heterocycles. The number of fused-ring (bicyclic) bond motifs is 1. The summed E-state index contributed by atoms with van der Waals surface area (Å²) >= 11 is 5.21. The van der Waals surface area contributed by atoms with E-state index in [2.05, 4.69) is 0 Å².